The third kappa shape index (κ3) is 5.05. The van der Waals surface area contributed by atoms with Crippen molar-refractivity contribution in [1.29, 1.82) is 0 Å². The van der Waals surface area contributed by atoms with Crippen molar-refractivity contribution in [3.05, 3.63) is 54.1 Å². The van der Waals surface area contributed by atoms with E-state index in [4.69, 9.17) is 0 Å². The molecule has 2 N–H and O–H groups in total. The van der Waals surface area contributed by atoms with E-state index in [0.717, 1.165) is 29.5 Å². The molecule has 0 radical (unpaired) electrons. The summed E-state index contributed by atoms with van der Waals surface area (Å²) in [6.07, 6.45) is 3.31. The van der Waals surface area contributed by atoms with Crippen LogP contribution in [0, 0.1) is 0 Å². The Labute approximate surface area is 162 Å². The van der Waals surface area contributed by atoms with E-state index < -0.39 is 21.5 Å². The molecule has 1 heterocycles. The minimum atomic E-state index is -3.67. The van der Waals surface area contributed by atoms with Crippen LogP contribution in [-0.4, -0.2) is 25.1 Å². The summed E-state index contributed by atoms with van der Waals surface area (Å²) < 4.78 is 25.5. The van der Waals surface area contributed by atoms with Crippen molar-refractivity contribution in [3.63, 3.8) is 0 Å². The number of rotatable bonds is 8. The van der Waals surface area contributed by atoms with Gasteiger partial charge in [-0.1, -0.05) is 48.9 Å². The second-order valence-electron chi connectivity index (χ2n) is 6.17. The summed E-state index contributed by atoms with van der Waals surface area (Å²) >= 11 is 1.41. The van der Waals surface area contributed by atoms with Crippen LogP contribution in [0.1, 0.15) is 25.3 Å². The Morgan fingerprint density at radius 1 is 1.15 bits per heavy atom. The summed E-state index contributed by atoms with van der Waals surface area (Å²) in [5.74, 6) is -1.27. The molecule has 3 rings (SSSR count). The summed E-state index contributed by atoms with van der Waals surface area (Å²) in [6.45, 7) is 2.16. The Balaban J connectivity index is 1.61. The Morgan fingerprint density at radius 2 is 1.93 bits per heavy atom. The van der Waals surface area contributed by atoms with Crippen LogP contribution in [0.15, 0.2) is 53.4 Å². The highest BCUT2D eigenvalue weighted by molar-refractivity contribution is 7.92. The number of unbranched alkanes of at least 4 members (excludes halogenated alkanes) is 1. The number of benzene rings is 2. The first-order valence-electron chi connectivity index (χ1n) is 8.70. The van der Waals surface area contributed by atoms with E-state index in [1.54, 1.807) is 18.2 Å². The Hall–Kier alpha value is -2.45. The van der Waals surface area contributed by atoms with E-state index in [1.807, 2.05) is 6.07 Å². The lowest BCUT2D eigenvalue weighted by atomic mass is 10.1. The largest absolute Gasteiger partial charge is 0.273 e. The van der Waals surface area contributed by atoms with Gasteiger partial charge in [0.2, 0.25) is 5.13 Å². The van der Waals surface area contributed by atoms with Gasteiger partial charge in [-0.2, -0.15) is 0 Å². The van der Waals surface area contributed by atoms with Crippen molar-refractivity contribution < 1.29 is 13.2 Å². The van der Waals surface area contributed by atoms with Crippen LogP contribution < -0.4 is 10.9 Å². The van der Waals surface area contributed by atoms with Crippen LogP contribution in [0.5, 0.6) is 0 Å². The van der Waals surface area contributed by atoms with Crippen molar-refractivity contribution >= 4 is 42.4 Å². The molecule has 142 valence electrons. The molecular weight excluding hydrogens is 382 g/mol. The molecule has 2 aromatic carbocycles. The molecule has 0 aliphatic heterocycles. The number of sulfone groups is 1. The molecule has 1 aromatic heterocycles. The number of thiazole rings is 1. The van der Waals surface area contributed by atoms with Gasteiger partial charge >= 0.3 is 0 Å². The van der Waals surface area contributed by atoms with Gasteiger partial charge in [0.15, 0.2) is 9.84 Å². The first kappa shape index (κ1) is 19.3. The number of hydrazine groups is 1. The van der Waals surface area contributed by atoms with Crippen LogP contribution in [0.2, 0.25) is 0 Å². The van der Waals surface area contributed by atoms with E-state index in [-0.39, 0.29) is 4.90 Å². The summed E-state index contributed by atoms with van der Waals surface area (Å²) in [5.41, 5.74) is 7.23. The fraction of sp³-hybridized carbons (Fsp3) is 0.263. The zero-order chi connectivity index (χ0) is 19.3. The topological polar surface area (TPSA) is 88.2 Å². The number of nitrogens with zero attached hydrogens (tertiary/aromatic N) is 1. The standard InChI is InChI=1S/C19H21N3O3S2/c1-2-3-7-14-10-11-16-17(12-14)26-19(20-16)22-21-18(23)13-27(24,25)15-8-5-4-6-9-15/h4-6,8-12H,2-3,7,13H2,1H3,(H,20,22)(H,21,23). The average molecular weight is 404 g/mol. The van der Waals surface area contributed by atoms with Crippen molar-refractivity contribution in [2.45, 2.75) is 31.1 Å². The van der Waals surface area contributed by atoms with Gasteiger partial charge in [0, 0.05) is 0 Å². The van der Waals surface area contributed by atoms with Crippen molar-refractivity contribution in [2.75, 3.05) is 11.2 Å². The minimum absolute atomic E-state index is 0.125. The molecule has 8 heteroatoms. The van der Waals surface area contributed by atoms with Gasteiger partial charge in [-0.25, -0.2) is 13.4 Å². The normalized spacial score (nSPS) is 11.4. The first-order valence-corrected chi connectivity index (χ1v) is 11.2. The van der Waals surface area contributed by atoms with Gasteiger partial charge in [-0.3, -0.25) is 15.6 Å². The zero-order valence-corrected chi connectivity index (χ0v) is 16.6. The van der Waals surface area contributed by atoms with Crippen LogP contribution >= 0.6 is 11.3 Å². The number of aromatic nitrogens is 1. The summed E-state index contributed by atoms with van der Waals surface area (Å²) in [4.78, 5) is 16.5. The van der Waals surface area contributed by atoms with Crippen molar-refractivity contribution in [2.24, 2.45) is 0 Å². The molecule has 0 fully saturated rings. The maximum atomic E-state index is 12.2. The summed E-state index contributed by atoms with van der Waals surface area (Å²) in [5, 5.41) is 0.517. The van der Waals surface area contributed by atoms with E-state index in [0.29, 0.717) is 5.13 Å². The molecular formula is C19H21N3O3S2. The Bertz CT molecular complexity index is 1030. The van der Waals surface area contributed by atoms with E-state index in [2.05, 4.69) is 34.9 Å². The highest BCUT2D eigenvalue weighted by Crippen LogP contribution is 2.26. The molecule has 6 nitrogen and oxygen atoms in total. The molecule has 27 heavy (non-hydrogen) atoms. The molecule has 0 saturated heterocycles. The third-order valence-electron chi connectivity index (χ3n) is 4.00. The first-order chi connectivity index (χ1) is 13.0. The molecule has 1 amide bonds. The van der Waals surface area contributed by atoms with E-state index >= 15 is 0 Å². The van der Waals surface area contributed by atoms with Gasteiger partial charge in [0.1, 0.15) is 5.75 Å². The Kier molecular flexibility index (Phi) is 6.08. The number of amides is 1. The van der Waals surface area contributed by atoms with Gasteiger partial charge in [0.05, 0.1) is 15.1 Å². The van der Waals surface area contributed by atoms with Crippen LogP contribution in [0.4, 0.5) is 5.13 Å². The van der Waals surface area contributed by atoms with Crippen molar-refractivity contribution in [1.82, 2.24) is 10.4 Å². The van der Waals surface area contributed by atoms with Gasteiger partial charge in [-0.05, 0) is 42.7 Å². The van der Waals surface area contributed by atoms with Crippen LogP contribution in [0.25, 0.3) is 10.2 Å². The molecule has 0 saturated carbocycles. The maximum absolute atomic E-state index is 12.2. The molecule has 0 aliphatic rings. The number of hydrogen-bond donors (Lipinski definition) is 2. The molecule has 3 aromatic rings. The highest BCUT2D eigenvalue weighted by atomic mass is 32.2. The second kappa shape index (κ2) is 8.49. The second-order valence-corrected chi connectivity index (χ2v) is 9.19. The molecule has 0 unspecified atom stereocenters. The lowest BCUT2D eigenvalue weighted by Crippen LogP contribution is -2.34. The van der Waals surface area contributed by atoms with Crippen LogP contribution in [-0.2, 0) is 21.1 Å². The Morgan fingerprint density at radius 3 is 2.67 bits per heavy atom. The number of fused-ring (bicyclic) bond motifs is 1. The van der Waals surface area contributed by atoms with Gasteiger partial charge < -0.3 is 0 Å². The number of carbonyl (C=O) groups is 1. The summed E-state index contributed by atoms with van der Waals surface area (Å²) in [6, 6.07) is 14.0. The number of nitrogens with one attached hydrogen (secondary N) is 2. The van der Waals surface area contributed by atoms with Gasteiger partial charge in [0.25, 0.3) is 5.91 Å². The third-order valence-corrected chi connectivity index (χ3v) is 6.57. The smallest absolute Gasteiger partial charge is 0.253 e. The zero-order valence-electron chi connectivity index (χ0n) is 14.9. The molecule has 0 atom stereocenters. The predicted octanol–water partition coefficient (Wildman–Crippen LogP) is 3.56. The fourth-order valence-corrected chi connectivity index (χ4v) is 4.64. The molecule has 0 spiro atoms. The number of anilines is 1. The van der Waals surface area contributed by atoms with E-state index in [9.17, 15) is 13.2 Å². The molecule has 0 bridgehead atoms. The van der Waals surface area contributed by atoms with Gasteiger partial charge in [-0.15, -0.1) is 0 Å². The SMILES string of the molecule is CCCCc1ccc2nc(NNC(=O)CS(=O)(=O)c3ccccc3)sc2c1. The average Bonchev–Trinajstić information content (AvgIpc) is 3.07. The van der Waals surface area contributed by atoms with Crippen molar-refractivity contribution in [3.8, 4) is 0 Å². The minimum Gasteiger partial charge on any atom is -0.273 e. The number of hydrogen-bond acceptors (Lipinski definition) is 6. The number of carbonyl (C=O) groups excluding carboxylic acids is 1. The maximum Gasteiger partial charge on any atom is 0.253 e. The van der Waals surface area contributed by atoms with E-state index in [1.165, 1.54) is 29.0 Å². The fourth-order valence-electron chi connectivity index (χ4n) is 2.60. The highest BCUT2D eigenvalue weighted by Gasteiger charge is 2.19. The predicted molar refractivity (Wildman–Crippen MR) is 108 cm³/mol. The number of aryl methyl sites for hydroxylation is 1. The van der Waals surface area contributed by atoms with Crippen LogP contribution in [0.3, 0.4) is 0 Å². The lowest BCUT2D eigenvalue weighted by Gasteiger charge is -2.06. The quantitative estimate of drug-likeness (QED) is 0.562. The monoisotopic (exact) mass is 403 g/mol. The molecule has 0 aliphatic carbocycles. The lowest BCUT2D eigenvalue weighted by molar-refractivity contribution is -0.118. The summed E-state index contributed by atoms with van der Waals surface area (Å²) in [7, 11) is -3.67.